The lowest BCUT2D eigenvalue weighted by Gasteiger charge is -2.23. The molecule has 2 aromatic carbocycles. The number of carbonyl (C=O) groups is 2. The number of anilines is 1. The van der Waals surface area contributed by atoms with Crippen LogP contribution in [0.15, 0.2) is 65.1 Å². The summed E-state index contributed by atoms with van der Waals surface area (Å²) in [5.41, 5.74) is 10.1. The maximum atomic E-state index is 12.5. The summed E-state index contributed by atoms with van der Waals surface area (Å²) < 4.78 is 5.75. The quantitative estimate of drug-likeness (QED) is 0.0782. The van der Waals surface area contributed by atoms with Gasteiger partial charge in [0.2, 0.25) is 5.91 Å². The molecular weight excluding hydrogens is 597 g/mol. The van der Waals surface area contributed by atoms with Crippen molar-refractivity contribution in [2.45, 2.75) is 39.2 Å². The molecule has 5 N–H and O–H groups in total. The van der Waals surface area contributed by atoms with Crippen LogP contribution in [-0.4, -0.2) is 61.6 Å². The van der Waals surface area contributed by atoms with Crippen LogP contribution >= 0.6 is 23.2 Å². The van der Waals surface area contributed by atoms with E-state index in [1.807, 2.05) is 38.1 Å². The fourth-order valence-electron chi connectivity index (χ4n) is 4.28. The monoisotopic (exact) mass is 635 g/mol. The molecular formula is C31H40Cl3N5O3. The van der Waals surface area contributed by atoms with Gasteiger partial charge >= 0.3 is 0 Å². The van der Waals surface area contributed by atoms with E-state index in [4.69, 9.17) is 33.4 Å². The van der Waals surface area contributed by atoms with Crippen molar-refractivity contribution in [2.75, 3.05) is 42.8 Å². The predicted octanol–water partition coefficient (Wildman–Crippen LogP) is 0.298. The normalized spacial score (nSPS) is 11.2. The van der Waals surface area contributed by atoms with E-state index in [1.54, 1.807) is 12.1 Å². The van der Waals surface area contributed by atoms with E-state index in [1.165, 1.54) is 5.56 Å². The van der Waals surface area contributed by atoms with Gasteiger partial charge in [-0.3, -0.25) is 20.3 Å². The van der Waals surface area contributed by atoms with E-state index >= 15 is 0 Å². The van der Waals surface area contributed by atoms with Crippen molar-refractivity contribution in [1.82, 2.24) is 10.6 Å². The number of nitrogens with two attached hydrogens (primary N) is 1. The Kier molecular flexibility index (Phi) is 15.3. The van der Waals surface area contributed by atoms with Gasteiger partial charge in [-0.1, -0.05) is 24.3 Å². The van der Waals surface area contributed by atoms with Crippen LogP contribution < -0.4 is 38.7 Å². The maximum Gasteiger partial charge on any atom is 0.287 e. The first kappa shape index (κ1) is 35.0. The third kappa shape index (κ3) is 11.2. The fraction of sp³-hybridized carbons (Fsp3) is 0.387. The Morgan fingerprint density at radius 1 is 0.929 bits per heavy atom. The lowest BCUT2D eigenvalue weighted by atomic mass is 10.1. The molecule has 42 heavy (non-hydrogen) atoms. The number of nitrogens with zero attached hydrogens (tertiary/aromatic N) is 1. The smallest absolute Gasteiger partial charge is 0.287 e. The van der Waals surface area contributed by atoms with E-state index in [0.29, 0.717) is 42.9 Å². The van der Waals surface area contributed by atoms with Gasteiger partial charge in [0.05, 0.1) is 11.6 Å². The number of alkyl halides is 2. The van der Waals surface area contributed by atoms with E-state index in [0.717, 1.165) is 42.7 Å². The van der Waals surface area contributed by atoms with E-state index in [2.05, 4.69) is 44.8 Å². The lowest BCUT2D eigenvalue weighted by molar-refractivity contribution is -0.493. The Balaban J connectivity index is 0.00000616. The second-order valence-electron chi connectivity index (χ2n) is 9.94. The number of hydrogen-bond acceptors (Lipinski definition) is 4. The fourth-order valence-corrected chi connectivity index (χ4v) is 4.69. The Labute approximate surface area is 264 Å². The molecule has 0 aliphatic heterocycles. The highest BCUT2D eigenvalue weighted by atomic mass is 35.5. The molecule has 0 saturated heterocycles. The summed E-state index contributed by atoms with van der Waals surface area (Å²) in [7, 11) is 0. The number of hydrogen-bond donors (Lipinski definition) is 4. The average molecular weight is 637 g/mol. The largest absolute Gasteiger partial charge is 1.00 e. The van der Waals surface area contributed by atoms with Gasteiger partial charge in [-0.2, -0.15) is 0 Å². The molecule has 0 fully saturated rings. The number of aryl methyl sites for hydroxylation is 1. The minimum atomic E-state index is -0.333. The number of furan rings is 1. The van der Waals surface area contributed by atoms with Gasteiger partial charge in [0, 0.05) is 55.6 Å². The van der Waals surface area contributed by atoms with Crippen molar-refractivity contribution >= 4 is 46.5 Å². The second-order valence-corrected chi connectivity index (χ2v) is 10.7. The molecule has 0 saturated carbocycles. The zero-order chi connectivity index (χ0) is 29.6. The molecule has 8 nitrogen and oxygen atoms in total. The molecule has 1 aromatic heterocycles. The van der Waals surface area contributed by atoms with Crippen molar-refractivity contribution in [2.24, 2.45) is 5.73 Å². The average Bonchev–Trinajstić information content (AvgIpc) is 3.46. The molecule has 0 aliphatic carbocycles. The number of amidine groups is 1. The lowest BCUT2D eigenvalue weighted by Crippen LogP contribution is -3.00. The van der Waals surface area contributed by atoms with E-state index in [9.17, 15) is 9.59 Å². The Morgan fingerprint density at radius 3 is 2.19 bits per heavy atom. The summed E-state index contributed by atoms with van der Waals surface area (Å²) in [4.78, 5) is 30.0. The van der Waals surface area contributed by atoms with Crippen molar-refractivity contribution in [3.05, 3.63) is 77.6 Å². The maximum absolute atomic E-state index is 12.5. The third-order valence-corrected chi connectivity index (χ3v) is 6.70. The first-order chi connectivity index (χ1) is 19.8. The van der Waals surface area contributed by atoms with Crippen LogP contribution in [0.2, 0.25) is 0 Å². The minimum absolute atomic E-state index is 0. The zero-order valence-electron chi connectivity index (χ0n) is 24.1. The molecule has 0 aliphatic rings. The SMILES string of the molecule is CC(C)[NH+]=C(N)c1ccc(-c2ccc(C(=O)NCCNC(=O)CCCc3ccc(N(CCCl)CCCl)cc3)o2)cc1.[Cl-]. The first-order valence-electron chi connectivity index (χ1n) is 13.9. The van der Waals surface area contributed by atoms with Crippen LogP contribution in [0.4, 0.5) is 5.69 Å². The predicted molar refractivity (Wildman–Crippen MR) is 167 cm³/mol. The van der Waals surface area contributed by atoms with Gasteiger partial charge in [-0.15, -0.1) is 23.2 Å². The molecule has 0 atom stereocenters. The molecule has 0 radical (unpaired) electrons. The van der Waals surface area contributed by atoms with Crippen LogP contribution in [0.3, 0.4) is 0 Å². The summed E-state index contributed by atoms with van der Waals surface area (Å²) in [6.07, 6.45) is 1.96. The number of nitrogen functional groups attached to an aromatic ring is 1. The van der Waals surface area contributed by atoms with Gasteiger partial charge in [-0.25, -0.2) is 0 Å². The highest BCUT2D eigenvalue weighted by molar-refractivity contribution is 6.18. The van der Waals surface area contributed by atoms with Gasteiger partial charge in [0.15, 0.2) is 5.76 Å². The molecule has 3 rings (SSSR count). The molecule has 11 heteroatoms. The molecule has 0 bridgehead atoms. The van der Waals surface area contributed by atoms with Crippen LogP contribution in [0, 0.1) is 0 Å². The zero-order valence-corrected chi connectivity index (χ0v) is 26.4. The Bertz CT molecular complexity index is 1270. The Morgan fingerprint density at radius 2 is 1.57 bits per heavy atom. The van der Waals surface area contributed by atoms with Crippen LogP contribution in [-0.2, 0) is 11.2 Å². The van der Waals surface area contributed by atoms with Crippen molar-refractivity contribution < 1.29 is 31.4 Å². The summed E-state index contributed by atoms with van der Waals surface area (Å²) >= 11 is 11.8. The first-order valence-corrected chi connectivity index (χ1v) is 15.0. The van der Waals surface area contributed by atoms with Crippen molar-refractivity contribution in [1.29, 1.82) is 0 Å². The minimum Gasteiger partial charge on any atom is -1.00 e. The highest BCUT2D eigenvalue weighted by Gasteiger charge is 2.13. The molecule has 0 unspecified atom stereocenters. The molecule has 2 amide bonds. The molecule has 1 heterocycles. The molecule has 3 aromatic rings. The number of rotatable bonds is 16. The number of halogens is 3. The van der Waals surface area contributed by atoms with Gasteiger partial charge < -0.3 is 32.4 Å². The third-order valence-electron chi connectivity index (χ3n) is 6.37. The van der Waals surface area contributed by atoms with Crippen molar-refractivity contribution in [3.8, 4) is 11.3 Å². The van der Waals surface area contributed by atoms with Crippen LogP contribution in [0.25, 0.3) is 11.3 Å². The number of amides is 2. The summed E-state index contributed by atoms with van der Waals surface area (Å²) in [5, 5.41) is 5.63. The summed E-state index contributed by atoms with van der Waals surface area (Å²) in [6, 6.07) is 19.5. The summed E-state index contributed by atoms with van der Waals surface area (Å²) in [5.74, 6) is 2.12. The van der Waals surface area contributed by atoms with Crippen LogP contribution in [0.5, 0.6) is 0 Å². The number of nitrogens with one attached hydrogen (secondary N) is 3. The van der Waals surface area contributed by atoms with E-state index in [-0.39, 0.29) is 36.0 Å². The highest BCUT2D eigenvalue weighted by Crippen LogP contribution is 2.22. The van der Waals surface area contributed by atoms with Gasteiger partial charge in [-0.05, 0) is 68.7 Å². The second kappa shape index (κ2) is 18.4. The van der Waals surface area contributed by atoms with E-state index < -0.39 is 0 Å². The Hall–Kier alpha value is -3.20. The van der Waals surface area contributed by atoms with Gasteiger partial charge in [0.1, 0.15) is 5.76 Å². The number of carbonyl (C=O) groups excluding carboxylic acids is 2. The molecule has 228 valence electrons. The molecule has 0 spiro atoms. The summed E-state index contributed by atoms with van der Waals surface area (Å²) in [6.45, 7) is 6.18. The number of benzene rings is 2. The van der Waals surface area contributed by atoms with Gasteiger partial charge in [0.25, 0.3) is 11.7 Å². The van der Waals surface area contributed by atoms with Crippen LogP contribution in [0.1, 0.15) is 48.4 Å². The standard InChI is InChI=1S/C31H39Cl2N5O3.ClH/c1-22(2)37-30(34)25-10-8-24(9-11-25)27-14-15-28(41-27)31(40)36-19-18-35-29(39)5-3-4-23-6-12-26(13-7-23)38(20-16-32)21-17-33;/h6-15,22H,3-5,16-21H2,1-2H3,(H2,34,37)(H,35,39)(H,36,40);1H. The topological polar surface area (TPSA) is 115 Å². The van der Waals surface area contributed by atoms with Crippen molar-refractivity contribution in [3.63, 3.8) is 0 Å².